The fourth-order valence-corrected chi connectivity index (χ4v) is 4.07. The van der Waals surface area contributed by atoms with Crippen LogP contribution in [0.2, 0.25) is 0 Å². The molecular formula is C19H14N4O5S. The number of fused-ring (bicyclic) bond motifs is 1. The van der Waals surface area contributed by atoms with Gasteiger partial charge in [-0.1, -0.05) is 17.7 Å². The number of carboxylic acid groups (broad SMARTS) is 1. The highest BCUT2D eigenvalue weighted by Crippen LogP contribution is 2.23. The SMILES string of the molecule is Cc1ccc(S(=O)(=O)c2ccc3c(=O)[nH]c(-n4cc(C(=O)O)cn4)nc3c2)cc1. The van der Waals surface area contributed by atoms with Crippen LogP contribution in [0.1, 0.15) is 15.9 Å². The van der Waals surface area contributed by atoms with E-state index in [2.05, 4.69) is 15.1 Å². The molecule has 0 unspecified atom stereocenters. The monoisotopic (exact) mass is 410 g/mol. The standard InChI is InChI=1S/C19H14N4O5S/c1-11-2-4-13(5-3-11)29(27,28)14-6-7-15-16(8-14)21-19(22-17(15)24)23-10-12(9-20-23)18(25)26/h2-10H,1H3,(H,25,26)(H,21,22,24). The second kappa shape index (κ2) is 6.67. The van der Waals surface area contributed by atoms with Crippen LogP contribution >= 0.6 is 0 Å². The minimum Gasteiger partial charge on any atom is -0.478 e. The number of benzene rings is 2. The molecule has 2 aromatic carbocycles. The molecule has 0 saturated heterocycles. The van der Waals surface area contributed by atoms with Gasteiger partial charge in [-0.05, 0) is 37.3 Å². The van der Waals surface area contributed by atoms with Gasteiger partial charge in [0.2, 0.25) is 15.8 Å². The number of aryl methyl sites for hydroxylation is 1. The van der Waals surface area contributed by atoms with Gasteiger partial charge in [0.05, 0.1) is 32.5 Å². The molecule has 0 spiro atoms. The van der Waals surface area contributed by atoms with Crippen LogP contribution in [0.4, 0.5) is 0 Å². The molecule has 0 atom stereocenters. The van der Waals surface area contributed by atoms with E-state index < -0.39 is 21.4 Å². The van der Waals surface area contributed by atoms with Crippen molar-refractivity contribution in [3.63, 3.8) is 0 Å². The van der Waals surface area contributed by atoms with Crippen LogP contribution in [0.3, 0.4) is 0 Å². The molecule has 9 nitrogen and oxygen atoms in total. The number of aromatic carboxylic acids is 1. The van der Waals surface area contributed by atoms with Crippen molar-refractivity contribution in [1.82, 2.24) is 19.7 Å². The number of carboxylic acids is 1. The molecule has 0 aliphatic heterocycles. The highest BCUT2D eigenvalue weighted by molar-refractivity contribution is 7.91. The normalized spacial score (nSPS) is 11.6. The number of hydrogen-bond donors (Lipinski definition) is 2. The molecule has 29 heavy (non-hydrogen) atoms. The maximum atomic E-state index is 12.9. The van der Waals surface area contributed by atoms with Gasteiger partial charge in [-0.3, -0.25) is 9.78 Å². The second-order valence-corrected chi connectivity index (χ2v) is 8.31. The fourth-order valence-electron chi connectivity index (χ4n) is 2.79. The minimum absolute atomic E-state index is 0.00964. The molecule has 2 heterocycles. The summed E-state index contributed by atoms with van der Waals surface area (Å²) in [5.74, 6) is -1.20. The Bertz CT molecular complexity index is 1420. The molecule has 4 rings (SSSR count). The lowest BCUT2D eigenvalue weighted by Crippen LogP contribution is -2.14. The topological polar surface area (TPSA) is 135 Å². The van der Waals surface area contributed by atoms with Gasteiger partial charge in [-0.2, -0.15) is 5.10 Å². The first kappa shape index (κ1) is 18.6. The van der Waals surface area contributed by atoms with Gasteiger partial charge >= 0.3 is 5.97 Å². The van der Waals surface area contributed by atoms with E-state index in [1.54, 1.807) is 12.1 Å². The van der Waals surface area contributed by atoms with Gasteiger partial charge in [0.15, 0.2) is 0 Å². The molecule has 0 bridgehead atoms. The third-order valence-electron chi connectivity index (χ3n) is 4.35. The number of nitrogens with one attached hydrogen (secondary N) is 1. The van der Waals surface area contributed by atoms with E-state index in [0.717, 1.165) is 16.4 Å². The molecule has 0 amide bonds. The molecule has 146 valence electrons. The van der Waals surface area contributed by atoms with Crippen LogP contribution in [-0.4, -0.2) is 39.2 Å². The van der Waals surface area contributed by atoms with Crippen LogP contribution in [0.25, 0.3) is 16.9 Å². The molecule has 2 aromatic heterocycles. The molecule has 10 heteroatoms. The van der Waals surface area contributed by atoms with Crippen LogP contribution < -0.4 is 5.56 Å². The Hall–Kier alpha value is -3.79. The summed E-state index contributed by atoms with van der Waals surface area (Å²) >= 11 is 0. The first-order valence-electron chi connectivity index (χ1n) is 8.40. The summed E-state index contributed by atoms with van der Waals surface area (Å²) in [5, 5.41) is 13.1. The zero-order valence-electron chi connectivity index (χ0n) is 15.0. The summed E-state index contributed by atoms with van der Waals surface area (Å²) in [4.78, 5) is 30.3. The summed E-state index contributed by atoms with van der Waals surface area (Å²) in [6.07, 6.45) is 2.31. The zero-order valence-corrected chi connectivity index (χ0v) is 15.8. The maximum absolute atomic E-state index is 12.9. The quantitative estimate of drug-likeness (QED) is 0.525. The largest absolute Gasteiger partial charge is 0.478 e. The van der Waals surface area contributed by atoms with E-state index in [9.17, 15) is 18.0 Å². The Kier molecular flexibility index (Phi) is 4.27. The van der Waals surface area contributed by atoms with Crippen molar-refractivity contribution in [2.24, 2.45) is 0 Å². The Balaban J connectivity index is 1.85. The number of aromatic nitrogens is 4. The van der Waals surface area contributed by atoms with Crippen molar-refractivity contribution in [2.75, 3.05) is 0 Å². The van der Waals surface area contributed by atoms with E-state index in [-0.39, 0.29) is 32.2 Å². The number of aromatic amines is 1. The molecular weight excluding hydrogens is 396 g/mol. The van der Waals surface area contributed by atoms with Crippen molar-refractivity contribution in [3.05, 3.63) is 76.3 Å². The predicted molar refractivity (Wildman–Crippen MR) is 103 cm³/mol. The van der Waals surface area contributed by atoms with Crippen molar-refractivity contribution in [3.8, 4) is 5.95 Å². The first-order valence-corrected chi connectivity index (χ1v) is 9.88. The zero-order chi connectivity index (χ0) is 20.8. The molecule has 0 aliphatic carbocycles. The lowest BCUT2D eigenvalue weighted by molar-refractivity contribution is 0.0697. The van der Waals surface area contributed by atoms with Crippen LogP contribution in [0.15, 0.2) is 69.4 Å². The smallest absolute Gasteiger partial charge is 0.338 e. The minimum atomic E-state index is -3.80. The van der Waals surface area contributed by atoms with E-state index in [4.69, 9.17) is 5.11 Å². The average Bonchev–Trinajstić information content (AvgIpc) is 3.18. The van der Waals surface area contributed by atoms with Crippen molar-refractivity contribution < 1.29 is 18.3 Å². The number of hydrogen-bond acceptors (Lipinski definition) is 6. The summed E-state index contributed by atoms with van der Waals surface area (Å²) in [6, 6.07) is 10.5. The fraction of sp³-hybridized carbons (Fsp3) is 0.0526. The number of H-pyrrole nitrogens is 1. The van der Waals surface area contributed by atoms with Crippen LogP contribution in [-0.2, 0) is 9.84 Å². The molecule has 4 aromatic rings. The number of nitrogens with zero attached hydrogens (tertiary/aromatic N) is 3. The Labute approximate surface area is 164 Å². The van der Waals surface area contributed by atoms with E-state index in [1.807, 2.05) is 6.92 Å². The number of carbonyl (C=O) groups is 1. The van der Waals surface area contributed by atoms with Crippen LogP contribution in [0.5, 0.6) is 0 Å². The Morgan fingerprint density at radius 3 is 2.45 bits per heavy atom. The first-order chi connectivity index (χ1) is 13.8. The van der Waals surface area contributed by atoms with Gasteiger partial charge in [-0.25, -0.2) is 22.9 Å². The average molecular weight is 410 g/mol. The highest BCUT2D eigenvalue weighted by atomic mass is 32.2. The lowest BCUT2D eigenvalue weighted by Gasteiger charge is -2.07. The number of sulfone groups is 1. The van der Waals surface area contributed by atoms with Crippen molar-refractivity contribution in [2.45, 2.75) is 16.7 Å². The van der Waals surface area contributed by atoms with Crippen molar-refractivity contribution >= 4 is 26.7 Å². The second-order valence-electron chi connectivity index (χ2n) is 6.36. The molecule has 2 N–H and O–H groups in total. The molecule has 0 radical (unpaired) electrons. The third kappa shape index (κ3) is 3.29. The molecule has 0 aliphatic rings. The lowest BCUT2D eigenvalue weighted by atomic mass is 10.2. The van der Waals surface area contributed by atoms with E-state index in [0.29, 0.717) is 0 Å². The van der Waals surface area contributed by atoms with Gasteiger partial charge in [0, 0.05) is 6.20 Å². The van der Waals surface area contributed by atoms with Gasteiger partial charge in [0.1, 0.15) is 0 Å². The molecule has 0 saturated carbocycles. The summed E-state index contributed by atoms with van der Waals surface area (Å²) in [5.41, 5.74) is 0.490. The van der Waals surface area contributed by atoms with Crippen LogP contribution in [0, 0.1) is 6.92 Å². The maximum Gasteiger partial charge on any atom is 0.338 e. The van der Waals surface area contributed by atoms with Crippen molar-refractivity contribution in [1.29, 1.82) is 0 Å². The van der Waals surface area contributed by atoms with E-state index in [1.165, 1.54) is 36.5 Å². The molecule has 0 fully saturated rings. The van der Waals surface area contributed by atoms with E-state index >= 15 is 0 Å². The summed E-state index contributed by atoms with van der Waals surface area (Å²) < 4.78 is 26.9. The van der Waals surface area contributed by atoms with Gasteiger partial charge < -0.3 is 5.11 Å². The summed E-state index contributed by atoms with van der Waals surface area (Å²) in [7, 11) is -3.80. The van der Waals surface area contributed by atoms with Gasteiger partial charge in [0.25, 0.3) is 5.56 Å². The Morgan fingerprint density at radius 2 is 1.79 bits per heavy atom. The Morgan fingerprint density at radius 1 is 1.10 bits per heavy atom. The number of rotatable bonds is 4. The summed E-state index contributed by atoms with van der Waals surface area (Å²) in [6.45, 7) is 1.86. The third-order valence-corrected chi connectivity index (χ3v) is 6.12. The highest BCUT2D eigenvalue weighted by Gasteiger charge is 2.19. The van der Waals surface area contributed by atoms with Gasteiger partial charge in [-0.15, -0.1) is 0 Å². The predicted octanol–water partition coefficient (Wildman–Crippen LogP) is 1.95.